The number of benzene rings is 1. The Morgan fingerprint density at radius 2 is 1.88 bits per heavy atom. The Bertz CT molecular complexity index is 641. The van der Waals surface area contributed by atoms with E-state index in [-0.39, 0.29) is 19.0 Å². The number of aromatic nitrogens is 2. The average Bonchev–Trinajstić information content (AvgIpc) is 2.98. The summed E-state index contributed by atoms with van der Waals surface area (Å²) < 4.78 is 48.5. The van der Waals surface area contributed by atoms with E-state index in [0.29, 0.717) is 25.3 Å². The molecule has 0 amide bonds. The predicted molar refractivity (Wildman–Crippen MR) is 86.1 cm³/mol. The van der Waals surface area contributed by atoms with Crippen molar-refractivity contribution in [1.82, 2.24) is 15.0 Å². The Labute approximate surface area is 144 Å². The quantitative estimate of drug-likeness (QED) is 0.690. The summed E-state index contributed by atoms with van der Waals surface area (Å²) in [4.78, 5) is 5.39. The van der Waals surface area contributed by atoms with E-state index in [1.807, 2.05) is 31.2 Å². The first-order chi connectivity index (χ1) is 11.9. The van der Waals surface area contributed by atoms with Gasteiger partial charge in [0.2, 0.25) is 5.89 Å². The van der Waals surface area contributed by atoms with Crippen molar-refractivity contribution in [1.29, 1.82) is 0 Å². The number of ether oxygens (including phenoxy) is 1. The first-order valence-electron chi connectivity index (χ1n) is 8.01. The highest BCUT2D eigenvalue weighted by Gasteiger charge is 2.31. The SMILES string of the molecule is COCCc1noc(CN(CCc2ccc(C)cc2)CC(F)(F)F)n1. The van der Waals surface area contributed by atoms with Gasteiger partial charge in [0.25, 0.3) is 0 Å². The fourth-order valence-electron chi connectivity index (χ4n) is 2.35. The molecule has 1 aromatic carbocycles. The molecule has 2 rings (SSSR count). The molecule has 0 aliphatic rings. The normalized spacial score (nSPS) is 12.1. The van der Waals surface area contributed by atoms with Gasteiger partial charge in [-0.2, -0.15) is 18.2 Å². The van der Waals surface area contributed by atoms with Crippen molar-refractivity contribution in [3.05, 3.63) is 47.1 Å². The molecule has 25 heavy (non-hydrogen) atoms. The minimum Gasteiger partial charge on any atom is -0.384 e. The van der Waals surface area contributed by atoms with Crippen LogP contribution in [0.3, 0.4) is 0 Å². The van der Waals surface area contributed by atoms with Crippen LogP contribution in [-0.2, 0) is 24.1 Å². The van der Waals surface area contributed by atoms with Crippen LogP contribution >= 0.6 is 0 Å². The van der Waals surface area contributed by atoms with Crippen LogP contribution in [0.5, 0.6) is 0 Å². The zero-order chi connectivity index (χ0) is 18.3. The average molecular weight is 357 g/mol. The van der Waals surface area contributed by atoms with Gasteiger partial charge in [-0.15, -0.1) is 0 Å². The van der Waals surface area contributed by atoms with Crippen LogP contribution in [0, 0.1) is 6.92 Å². The molecule has 0 spiro atoms. The smallest absolute Gasteiger partial charge is 0.384 e. The Morgan fingerprint density at radius 3 is 2.52 bits per heavy atom. The van der Waals surface area contributed by atoms with Gasteiger partial charge in [0, 0.05) is 20.1 Å². The lowest BCUT2D eigenvalue weighted by molar-refractivity contribution is -0.147. The Balaban J connectivity index is 1.97. The van der Waals surface area contributed by atoms with E-state index >= 15 is 0 Å². The first kappa shape index (κ1) is 19.4. The van der Waals surface area contributed by atoms with Gasteiger partial charge in [-0.1, -0.05) is 35.0 Å². The molecular weight excluding hydrogens is 335 g/mol. The second-order valence-electron chi connectivity index (χ2n) is 5.91. The van der Waals surface area contributed by atoms with Gasteiger partial charge in [0.1, 0.15) is 0 Å². The van der Waals surface area contributed by atoms with E-state index in [4.69, 9.17) is 9.26 Å². The van der Waals surface area contributed by atoms with E-state index in [0.717, 1.165) is 11.1 Å². The molecule has 8 heteroatoms. The molecule has 0 atom stereocenters. The van der Waals surface area contributed by atoms with Gasteiger partial charge in [0.05, 0.1) is 19.7 Å². The summed E-state index contributed by atoms with van der Waals surface area (Å²) in [6.45, 7) is 1.59. The number of nitrogens with zero attached hydrogens (tertiary/aromatic N) is 3. The third kappa shape index (κ3) is 7.23. The van der Waals surface area contributed by atoms with E-state index in [1.54, 1.807) is 7.11 Å². The molecule has 1 heterocycles. The van der Waals surface area contributed by atoms with Crippen LogP contribution in [0.4, 0.5) is 13.2 Å². The maximum atomic E-state index is 12.8. The lowest BCUT2D eigenvalue weighted by Crippen LogP contribution is -2.35. The number of halogens is 3. The van der Waals surface area contributed by atoms with Gasteiger partial charge in [-0.3, -0.25) is 4.90 Å². The van der Waals surface area contributed by atoms with Crippen molar-refractivity contribution in [2.24, 2.45) is 0 Å². The fourth-order valence-corrected chi connectivity index (χ4v) is 2.35. The number of methoxy groups -OCH3 is 1. The molecular formula is C17H22F3N3O2. The summed E-state index contributed by atoms with van der Waals surface area (Å²) >= 11 is 0. The van der Waals surface area contributed by atoms with Crippen LogP contribution < -0.4 is 0 Å². The Kier molecular flexibility index (Phi) is 6.95. The van der Waals surface area contributed by atoms with Crippen LogP contribution in [0.25, 0.3) is 0 Å². The van der Waals surface area contributed by atoms with Crippen molar-refractivity contribution in [3.63, 3.8) is 0 Å². The maximum Gasteiger partial charge on any atom is 0.401 e. The third-order valence-corrected chi connectivity index (χ3v) is 3.64. The lowest BCUT2D eigenvalue weighted by Gasteiger charge is -2.22. The fraction of sp³-hybridized carbons (Fsp3) is 0.529. The first-order valence-corrected chi connectivity index (χ1v) is 8.01. The molecule has 0 fully saturated rings. The van der Waals surface area contributed by atoms with Crippen molar-refractivity contribution in [3.8, 4) is 0 Å². The molecule has 0 radical (unpaired) electrons. The number of alkyl halides is 3. The minimum absolute atomic E-state index is 0.0364. The summed E-state index contributed by atoms with van der Waals surface area (Å²) in [6.07, 6.45) is -3.31. The third-order valence-electron chi connectivity index (χ3n) is 3.64. The lowest BCUT2D eigenvalue weighted by atomic mass is 10.1. The van der Waals surface area contributed by atoms with Gasteiger partial charge in [-0.05, 0) is 18.9 Å². The summed E-state index contributed by atoms with van der Waals surface area (Å²) in [7, 11) is 1.55. The molecule has 0 aliphatic heterocycles. The summed E-state index contributed by atoms with van der Waals surface area (Å²) in [5.41, 5.74) is 2.11. The standard InChI is InChI=1S/C17H22F3N3O2/c1-13-3-5-14(6-4-13)7-9-23(12-17(18,19)20)11-16-21-15(22-25-16)8-10-24-2/h3-6H,7-12H2,1-2H3. The second kappa shape index (κ2) is 8.96. The minimum atomic E-state index is -4.29. The van der Waals surface area contributed by atoms with E-state index in [2.05, 4.69) is 10.1 Å². The molecule has 0 saturated carbocycles. The van der Waals surface area contributed by atoms with Gasteiger partial charge >= 0.3 is 6.18 Å². The molecule has 0 aliphatic carbocycles. The van der Waals surface area contributed by atoms with Gasteiger partial charge in [0.15, 0.2) is 5.82 Å². The zero-order valence-corrected chi connectivity index (χ0v) is 14.3. The summed E-state index contributed by atoms with van der Waals surface area (Å²) in [5, 5.41) is 3.76. The highest BCUT2D eigenvalue weighted by molar-refractivity contribution is 5.21. The highest BCUT2D eigenvalue weighted by Crippen LogP contribution is 2.18. The van der Waals surface area contributed by atoms with Crippen molar-refractivity contribution in [2.75, 3.05) is 26.8 Å². The van der Waals surface area contributed by atoms with Crippen LogP contribution in [-0.4, -0.2) is 48.0 Å². The Hall–Kier alpha value is -1.93. The molecule has 0 saturated heterocycles. The molecule has 1 aromatic heterocycles. The zero-order valence-electron chi connectivity index (χ0n) is 14.3. The Morgan fingerprint density at radius 1 is 1.16 bits per heavy atom. The van der Waals surface area contributed by atoms with E-state index < -0.39 is 12.7 Å². The number of hydrogen-bond donors (Lipinski definition) is 0. The highest BCUT2D eigenvalue weighted by atomic mass is 19.4. The van der Waals surface area contributed by atoms with Crippen molar-refractivity contribution >= 4 is 0 Å². The molecule has 138 valence electrons. The second-order valence-corrected chi connectivity index (χ2v) is 5.91. The van der Waals surface area contributed by atoms with Crippen LogP contribution in [0.2, 0.25) is 0 Å². The topological polar surface area (TPSA) is 51.4 Å². The number of aryl methyl sites for hydroxylation is 1. The summed E-state index contributed by atoms with van der Waals surface area (Å²) in [5.74, 6) is 0.613. The monoisotopic (exact) mass is 357 g/mol. The van der Waals surface area contributed by atoms with Gasteiger partial charge in [-0.25, -0.2) is 0 Å². The van der Waals surface area contributed by atoms with E-state index in [9.17, 15) is 13.2 Å². The van der Waals surface area contributed by atoms with Crippen LogP contribution in [0.1, 0.15) is 22.8 Å². The largest absolute Gasteiger partial charge is 0.401 e. The van der Waals surface area contributed by atoms with Gasteiger partial charge < -0.3 is 9.26 Å². The molecule has 0 bridgehead atoms. The molecule has 2 aromatic rings. The summed E-state index contributed by atoms with van der Waals surface area (Å²) in [6, 6.07) is 7.75. The van der Waals surface area contributed by atoms with E-state index in [1.165, 1.54) is 4.90 Å². The maximum absolute atomic E-state index is 12.8. The van der Waals surface area contributed by atoms with Crippen molar-refractivity contribution < 1.29 is 22.4 Å². The van der Waals surface area contributed by atoms with Crippen molar-refractivity contribution in [2.45, 2.75) is 32.5 Å². The van der Waals surface area contributed by atoms with Crippen LogP contribution in [0.15, 0.2) is 28.8 Å². The number of hydrogen-bond acceptors (Lipinski definition) is 5. The molecule has 5 nitrogen and oxygen atoms in total. The predicted octanol–water partition coefficient (Wildman–Crippen LogP) is 3.17. The molecule has 0 N–H and O–H groups in total. The number of rotatable bonds is 9. The molecule has 0 unspecified atom stereocenters.